The summed E-state index contributed by atoms with van der Waals surface area (Å²) in [6.07, 6.45) is 8.16. The predicted molar refractivity (Wildman–Crippen MR) is 45.1 cm³/mol. The maximum absolute atomic E-state index is 9.51. The van der Waals surface area contributed by atoms with Crippen molar-refractivity contribution < 1.29 is 5.11 Å². The highest BCUT2D eigenvalue weighted by atomic mass is 16.3. The number of aliphatic hydroxyl groups is 1. The van der Waals surface area contributed by atoms with Crippen molar-refractivity contribution in [3.8, 4) is 12.3 Å². The molecule has 0 bridgehead atoms. The molecule has 0 saturated carbocycles. The van der Waals surface area contributed by atoms with Crippen LogP contribution < -0.4 is 5.32 Å². The van der Waals surface area contributed by atoms with Crippen molar-refractivity contribution in [1.29, 1.82) is 0 Å². The van der Waals surface area contributed by atoms with E-state index in [1.54, 1.807) is 6.92 Å². The van der Waals surface area contributed by atoms with Crippen molar-refractivity contribution in [3.05, 3.63) is 0 Å². The molecule has 0 aromatic heterocycles. The summed E-state index contributed by atoms with van der Waals surface area (Å²) in [5, 5.41) is 12.8. The van der Waals surface area contributed by atoms with Gasteiger partial charge in [0.05, 0.1) is 0 Å². The fourth-order valence-corrected chi connectivity index (χ4v) is 1.47. The maximum Gasteiger partial charge on any atom is 0.123 e. The van der Waals surface area contributed by atoms with E-state index in [0.717, 1.165) is 13.0 Å². The summed E-state index contributed by atoms with van der Waals surface area (Å²) >= 11 is 0. The molecule has 0 aromatic rings. The zero-order chi connectivity index (χ0) is 8.32. The molecule has 1 fully saturated rings. The van der Waals surface area contributed by atoms with Gasteiger partial charge in [0.15, 0.2) is 0 Å². The second kappa shape index (κ2) is 3.25. The van der Waals surface area contributed by atoms with Gasteiger partial charge in [0.25, 0.3) is 0 Å². The van der Waals surface area contributed by atoms with Gasteiger partial charge in [0.2, 0.25) is 0 Å². The summed E-state index contributed by atoms with van der Waals surface area (Å²) in [6.45, 7) is 2.75. The Labute approximate surface area is 68.0 Å². The van der Waals surface area contributed by atoms with Crippen molar-refractivity contribution in [2.75, 3.05) is 6.54 Å². The van der Waals surface area contributed by atoms with Crippen LogP contribution >= 0.6 is 0 Å². The van der Waals surface area contributed by atoms with Gasteiger partial charge >= 0.3 is 0 Å². The molecule has 1 saturated heterocycles. The van der Waals surface area contributed by atoms with Gasteiger partial charge in [-0.15, -0.1) is 6.42 Å². The minimum atomic E-state index is -0.929. The molecule has 2 heteroatoms. The van der Waals surface area contributed by atoms with Gasteiger partial charge in [0, 0.05) is 12.5 Å². The third-order valence-corrected chi connectivity index (χ3v) is 2.12. The normalized spacial score (nSPS) is 29.4. The topological polar surface area (TPSA) is 32.3 Å². The van der Waals surface area contributed by atoms with Crippen molar-refractivity contribution >= 4 is 0 Å². The standard InChI is InChI=1S/C9H15NO/c1-3-9(2,11)7-8-5-4-6-10-8/h1,8,10-11H,4-7H2,2H3. The van der Waals surface area contributed by atoms with Crippen molar-refractivity contribution in [3.63, 3.8) is 0 Å². The quantitative estimate of drug-likeness (QED) is 0.567. The Kier molecular flexibility index (Phi) is 2.53. The summed E-state index contributed by atoms with van der Waals surface area (Å²) in [5.41, 5.74) is -0.929. The lowest BCUT2D eigenvalue weighted by atomic mass is 9.97. The molecule has 1 heterocycles. The first kappa shape index (κ1) is 8.58. The average molecular weight is 153 g/mol. The summed E-state index contributed by atoms with van der Waals surface area (Å²) in [6, 6.07) is 0.418. The van der Waals surface area contributed by atoms with E-state index in [1.807, 2.05) is 0 Å². The number of nitrogens with one attached hydrogen (secondary N) is 1. The Morgan fingerprint density at radius 3 is 3.00 bits per heavy atom. The van der Waals surface area contributed by atoms with E-state index in [2.05, 4.69) is 11.2 Å². The summed E-state index contributed by atoms with van der Waals surface area (Å²) in [5.74, 6) is 2.38. The van der Waals surface area contributed by atoms with Gasteiger partial charge in [-0.05, 0) is 26.3 Å². The molecular formula is C9H15NO. The molecule has 1 aliphatic rings. The molecule has 11 heavy (non-hydrogen) atoms. The Balaban J connectivity index is 2.35. The van der Waals surface area contributed by atoms with Crippen LogP contribution in [0.4, 0.5) is 0 Å². The lowest BCUT2D eigenvalue weighted by Crippen LogP contribution is -2.33. The molecule has 2 unspecified atom stereocenters. The van der Waals surface area contributed by atoms with Gasteiger partial charge in [0.1, 0.15) is 5.60 Å². The van der Waals surface area contributed by atoms with E-state index in [0.29, 0.717) is 12.5 Å². The molecule has 1 rings (SSSR count). The summed E-state index contributed by atoms with van der Waals surface area (Å²) in [4.78, 5) is 0. The minimum Gasteiger partial charge on any atom is -0.378 e. The van der Waals surface area contributed by atoms with Crippen LogP contribution in [0.25, 0.3) is 0 Å². The Bertz CT molecular complexity index is 163. The second-order valence-electron chi connectivity index (χ2n) is 3.42. The predicted octanol–water partition coefficient (Wildman–Crippen LogP) is 0.513. The lowest BCUT2D eigenvalue weighted by Gasteiger charge is -2.20. The zero-order valence-corrected chi connectivity index (χ0v) is 6.93. The third kappa shape index (κ3) is 2.53. The molecule has 0 amide bonds. The largest absolute Gasteiger partial charge is 0.378 e. The van der Waals surface area contributed by atoms with E-state index in [-0.39, 0.29) is 0 Å². The number of hydrogen-bond acceptors (Lipinski definition) is 2. The number of hydrogen-bond donors (Lipinski definition) is 2. The highest BCUT2D eigenvalue weighted by molar-refractivity contribution is 5.06. The van der Waals surface area contributed by atoms with E-state index in [4.69, 9.17) is 6.42 Å². The number of rotatable bonds is 2. The van der Waals surface area contributed by atoms with Crippen LogP contribution in [0, 0.1) is 12.3 Å². The molecule has 0 aromatic carbocycles. The van der Waals surface area contributed by atoms with Crippen molar-refractivity contribution in [2.45, 2.75) is 37.8 Å². The smallest absolute Gasteiger partial charge is 0.123 e. The molecule has 2 nitrogen and oxygen atoms in total. The Morgan fingerprint density at radius 2 is 2.55 bits per heavy atom. The van der Waals surface area contributed by atoms with Gasteiger partial charge in [-0.1, -0.05) is 5.92 Å². The zero-order valence-electron chi connectivity index (χ0n) is 6.93. The Morgan fingerprint density at radius 1 is 1.82 bits per heavy atom. The van der Waals surface area contributed by atoms with Crippen LogP contribution in [0.5, 0.6) is 0 Å². The summed E-state index contributed by atoms with van der Waals surface area (Å²) < 4.78 is 0. The van der Waals surface area contributed by atoms with Gasteiger partial charge in [-0.3, -0.25) is 0 Å². The van der Waals surface area contributed by atoms with Crippen molar-refractivity contribution in [2.24, 2.45) is 0 Å². The second-order valence-corrected chi connectivity index (χ2v) is 3.42. The first-order valence-corrected chi connectivity index (χ1v) is 4.07. The van der Waals surface area contributed by atoms with Gasteiger partial charge in [-0.2, -0.15) is 0 Å². The van der Waals surface area contributed by atoms with Crippen LogP contribution in [-0.4, -0.2) is 23.3 Å². The maximum atomic E-state index is 9.51. The minimum absolute atomic E-state index is 0.418. The van der Waals surface area contributed by atoms with E-state index in [1.165, 1.54) is 6.42 Å². The molecule has 0 radical (unpaired) electrons. The van der Waals surface area contributed by atoms with E-state index < -0.39 is 5.60 Å². The first-order chi connectivity index (χ1) is 5.14. The number of terminal acetylenes is 1. The van der Waals surface area contributed by atoms with E-state index in [9.17, 15) is 5.11 Å². The van der Waals surface area contributed by atoms with Crippen molar-refractivity contribution in [1.82, 2.24) is 5.32 Å². The monoisotopic (exact) mass is 153 g/mol. The highest BCUT2D eigenvalue weighted by Crippen LogP contribution is 2.17. The van der Waals surface area contributed by atoms with Crippen LogP contribution in [-0.2, 0) is 0 Å². The fourth-order valence-electron chi connectivity index (χ4n) is 1.47. The fraction of sp³-hybridized carbons (Fsp3) is 0.778. The van der Waals surface area contributed by atoms with Gasteiger partial charge < -0.3 is 10.4 Å². The molecule has 1 aliphatic heterocycles. The molecule has 2 N–H and O–H groups in total. The summed E-state index contributed by atoms with van der Waals surface area (Å²) in [7, 11) is 0. The van der Waals surface area contributed by atoms with Crippen LogP contribution in [0.1, 0.15) is 26.2 Å². The van der Waals surface area contributed by atoms with Gasteiger partial charge in [-0.25, -0.2) is 0 Å². The third-order valence-electron chi connectivity index (χ3n) is 2.12. The van der Waals surface area contributed by atoms with E-state index >= 15 is 0 Å². The molecule has 0 aliphatic carbocycles. The molecule has 2 atom stereocenters. The molecule has 62 valence electrons. The lowest BCUT2D eigenvalue weighted by molar-refractivity contribution is 0.101. The first-order valence-electron chi connectivity index (χ1n) is 4.07. The SMILES string of the molecule is C#CC(C)(O)CC1CCCN1. The van der Waals surface area contributed by atoms with Crippen LogP contribution in [0.15, 0.2) is 0 Å². The molecule has 0 spiro atoms. The van der Waals surface area contributed by atoms with Crippen LogP contribution in [0.2, 0.25) is 0 Å². The average Bonchev–Trinajstić information content (AvgIpc) is 2.39. The Hall–Kier alpha value is -0.520. The highest BCUT2D eigenvalue weighted by Gasteiger charge is 2.24. The van der Waals surface area contributed by atoms with Crippen LogP contribution in [0.3, 0.4) is 0 Å². The molecular weight excluding hydrogens is 138 g/mol.